The van der Waals surface area contributed by atoms with E-state index < -0.39 is 0 Å². The fraction of sp³-hybridized carbons (Fsp3) is 0.421. The standard InChI is InChI=1S/C19H25N3O4/c1-4-11-22-17(20-21-19(22)24)6-5-12-26-16-9-7-15(8-10-16)13-14(2)18(23)25-3/h7-10,13H,4-6,11-12H2,1-3H3,(H,21,24)/b14-13+. The number of hydrogen-bond acceptors (Lipinski definition) is 5. The van der Waals surface area contributed by atoms with E-state index in [4.69, 9.17) is 4.74 Å². The summed E-state index contributed by atoms with van der Waals surface area (Å²) < 4.78 is 12.1. The summed E-state index contributed by atoms with van der Waals surface area (Å²) in [6.07, 6.45) is 4.09. The minimum Gasteiger partial charge on any atom is -0.494 e. The van der Waals surface area contributed by atoms with Crippen molar-refractivity contribution in [2.24, 2.45) is 0 Å². The summed E-state index contributed by atoms with van der Waals surface area (Å²) in [7, 11) is 1.36. The Morgan fingerprint density at radius 1 is 1.31 bits per heavy atom. The first-order valence-electron chi connectivity index (χ1n) is 8.68. The molecule has 26 heavy (non-hydrogen) atoms. The molecule has 0 fully saturated rings. The second-order valence-electron chi connectivity index (χ2n) is 5.94. The van der Waals surface area contributed by atoms with Crippen molar-refractivity contribution in [2.75, 3.05) is 13.7 Å². The Morgan fingerprint density at radius 2 is 2.04 bits per heavy atom. The zero-order valence-corrected chi connectivity index (χ0v) is 15.4. The second-order valence-corrected chi connectivity index (χ2v) is 5.94. The molecule has 2 rings (SSSR count). The summed E-state index contributed by atoms with van der Waals surface area (Å²) in [5.41, 5.74) is 1.28. The van der Waals surface area contributed by atoms with Crippen molar-refractivity contribution >= 4 is 12.0 Å². The number of ether oxygens (including phenoxy) is 2. The summed E-state index contributed by atoms with van der Waals surface area (Å²) in [5, 5.41) is 6.56. The Bertz CT molecular complexity index is 803. The molecule has 0 amide bonds. The number of nitrogens with zero attached hydrogens (tertiary/aromatic N) is 2. The van der Waals surface area contributed by atoms with Gasteiger partial charge in [0.1, 0.15) is 11.6 Å². The fourth-order valence-corrected chi connectivity index (χ4v) is 2.55. The summed E-state index contributed by atoms with van der Waals surface area (Å²) in [4.78, 5) is 23.0. The Balaban J connectivity index is 1.83. The predicted molar refractivity (Wildman–Crippen MR) is 99.1 cm³/mol. The normalized spacial score (nSPS) is 11.4. The van der Waals surface area contributed by atoms with Crippen LogP contribution in [0.2, 0.25) is 0 Å². The summed E-state index contributed by atoms with van der Waals surface area (Å²) >= 11 is 0. The average molecular weight is 359 g/mol. The third-order valence-electron chi connectivity index (χ3n) is 3.87. The molecule has 0 aliphatic heterocycles. The van der Waals surface area contributed by atoms with Crippen LogP contribution in [0.25, 0.3) is 6.08 Å². The van der Waals surface area contributed by atoms with Gasteiger partial charge in [-0.3, -0.25) is 4.57 Å². The van der Waals surface area contributed by atoms with Crippen molar-refractivity contribution in [3.05, 3.63) is 51.7 Å². The molecule has 0 unspecified atom stereocenters. The van der Waals surface area contributed by atoms with Gasteiger partial charge in [-0.05, 0) is 43.5 Å². The molecule has 7 heteroatoms. The highest BCUT2D eigenvalue weighted by atomic mass is 16.5. The highest BCUT2D eigenvalue weighted by molar-refractivity contribution is 5.92. The van der Waals surface area contributed by atoms with Gasteiger partial charge in [0, 0.05) is 18.5 Å². The van der Waals surface area contributed by atoms with Crippen LogP contribution < -0.4 is 10.4 Å². The number of esters is 1. The van der Waals surface area contributed by atoms with Crippen LogP contribution >= 0.6 is 0 Å². The van der Waals surface area contributed by atoms with Crippen molar-refractivity contribution in [2.45, 2.75) is 39.7 Å². The zero-order valence-electron chi connectivity index (χ0n) is 15.4. The van der Waals surface area contributed by atoms with Crippen molar-refractivity contribution in [1.29, 1.82) is 0 Å². The maximum Gasteiger partial charge on any atom is 0.343 e. The van der Waals surface area contributed by atoms with E-state index in [-0.39, 0.29) is 11.7 Å². The summed E-state index contributed by atoms with van der Waals surface area (Å²) in [6.45, 7) is 4.94. The van der Waals surface area contributed by atoms with Crippen LogP contribution in [-0.4, -0.2) is 34.5 Å². The quantitative estimate of drug-likeness (QED) is 0.422. The molecular weight excluding hydrogens is 334 g/mol. The minimum absolute atomic E-state index is 0.159. The number of benzene rings is 1. The van der Waals surface area contributed by atoms with Gasteiger partial charge in [-0.15, -0.1) is 0 Å². The lowest BCUT2D eigenvalue weighted by Crippen LogP contribution is -2.19. The van der Waals surface area contributed by atoms with Gasteiger partial charge in [0.05, 0.1) is 13.7 Å². The largest absolute Gasteiger partial charge is 0.494 e. The Hall–Kier alpha value is -2.83. The molecule has 0 atom stereocenters. The molecule has 2 aromatic rings. The molecule has 1 aromatic heterocycles. The van der Waals surface area contributed by atoms with Crippen LogP contribution in [0.3, 0.4) is 0 Å². The smallest absolute Gasteiger partial charge is 0.343 e. The van der Waals surface area contributed by atoms with Gasteiger partial charge < -0.3 is 9.47 Å². The highest BCUT2D eigenvalue weighted by Gasteiger charge is 2.07. The molecule has 1 N–H and O–H groups in total. The number of hydrogen-bond donors (Lipinski definition) is 1. The fourth-order valence-electron chi connectivity index (χ4n) is 2.55. The Labute approximate surface area is 152 Å². The third kappa shape index (κ3) is 5.34. The van der Waals surface area contributed by atoms with E-state index in [2.05, 4.69) is 14.9 Å². The molecule has 140 valence electrons. The molecule has 0 saturated heterocycles. The molecule has 0 aliphatic rings. The summed E-state index contributed by atoms with van der Waals surface area (Å²) in [6, 6.07) is 7.48. The van der Waals surface area contributed by atoms with Crippen LogP contribution in [0, 0.1) is 0 Å². The van der Waals surface area contributed by atoms with E-state index >= 15 is 0 Å². The molecule has 0 saturated carbocycles. The molecule has 0 aliphatic carbocycles. The van der Waals surface area contributed by atoms with E-state index in [9.17, 15) is 9.59 Å². The van der Waals surface area contributed by atoms with Gasteiger partial charge in [-0.2, -0.15) is 5.10 Å². The number of H-pyrrole nitrogens is 1. The van der Waals surface area contributed by atoms with Gasteiger partial charge >= 0.3 is 11.7 Å². The summed E-state index contributed by atoms with van der Waals surface area (Å²) in [5.74, 6) is 1.18. The van der Waals surface area contributed by atoms with Gasteiger partial charge in [0.15, 0.2) is 0 Å². The second kappa shape index (κ2) is 9.60. The van der Waals surface area contributed by atoms with Gasteiger partial charge in [0.2, 0.25) is 0 Å². The number of aryl methyl sites for hydroxylation is 1. The molecular formula is C19H25N3O4. The third-order valence-corrected chi connectivity index (χ3v) is 3.87. The van der Waals surface area contributed by atoms with Crippen molar-refractivity contribution in [3.63, 3.8) is 0 Å². The van der Waals surface area contributed by atoms with Gasteiger partial charge in [0.25, 0.3) is 0 Å². The number of carbonyl (C=O) groups excluding carboxylic acids is 1. The molecule has 0 radical (unpaired) electrons. The number of rotatable bonds is 9. The van der Waals surface area contributed by atoms with Crippen LogP contribution in [0.4, 0.5) is 0 Å². The highest BCUT2D eigenvalue weighted by Crippen LogP contribution is 2.15. The first-order chi connectivity index (χ1) is 12.5. The topological polar surface area (TPSA) is 86.2 Å². The Kier molecular flexibility index (Phi) is 7.20. The van der Waals surface area contributed by atoms with E-state index in [0.29, 0.717) is 25.1 Å². The van der Waals surface area contributed by atoms with Crippen LogP contribution in [0.15, 0.2) is 34.6 Å². The number of nitrogens with one attached hydrogen (secondary N) is 1. The van der Waals surface area contributed by atoms with Crippen molar-refractivity contribution in [3.8, 4) is 5.75 Å². The number of aromatic amines is 1. The lowest BCUT2D eigenvalue weighted by atomic mass is 10.1. The maximum atomic E-state index is 11.6. The van der Waals surface area contributed by atoms with E-state index in [1.807, 2.05) is 31.2 Å². The first kappa shape index (κ1) is 19.5. The number of carbonyl (C=O) groups is 1. The Morgan fingerprint density at radius 3 is 2.69 bits per heavy atom. The van der Waals surface area contributed by atoms with Crippen molar-refractivity contribution < 1.29 is 14.3 Å². The van der Waals surface area contributed by atoms with Gasteiger partial charge in [-0.25, -0.2) is 14.7 Å². The first-order valence-corrected chi connectivity index (χ1v) is 8.68. The lowest BCUT2D eigenvalue weighted by Gasteiger charge is -2.07. The average Bonchev–Trinajstić information content (AvgIpc) is 2.99. The monoisotopic (exact) mass is 359 g/mol. The number of methoxy groups -OCH3 is 1. The molecule has 1 heterocycles. The molecule has 1 aromatic carbocycles. The predicted octanol–water partition coefficient (Wildman–Crippen LogP) is 2.57. The van der Waals surface area contributed by atoms with Crippen molar-refractivity contribution in [1.82, 2.24) is 14.8 Å². The molecule has 0 bridgehead atoms. The van der Waals surface area contributed by atoms with E-state index in [0.717, 1.165) is 30.0 Å². The lowest BCUT2D eigenvalue weighted by molar-refractivity contribution is -0.135. The molecule has 7 nitrogen and oxygen atoms in total. The minimum atomic E-state index is -0.342. The maximum absolute atomic E-state index is 11.6. The van der Waals surface area contributed by atoms with E-state index in [1.54, 1.807) is 17.6 Å². The zero-order chi connectivity index (χ0) is 18.9. The molecule has 0 spiro atoms. The van der Waals surface area contributed by atoms with Crippen LogP contribution in [0.5, 0.6) is 5.75 Å². The van der Waals surface area contributed by atoms with Crippen LogP contribution in [0.1, 0.15) is 38.1 Å². The van der Waals surface area contributed by atoms with Gasteiger partial charge in [-0.1, -0.05) is 19.1 Å². The SMILES string of the molecule is CCCn1c(CCCOc2ccc(/C=C(\C)C(=O)OC)cc2)n[nH]c1=O. The van der Waals surface area contributed by atoms with Crippen LogP contribution in [-0.2, 0) is 22.5 Å². The number of aromatic nitrogens is 3. The van der Waals surface area contributed by atoms with E-state index in [1.165, 1.54) is 7.11 Å².